The van der Waals surface area contributed by atoms with Crippen molar-refractivity contribution in [2.45, 2.75) is 19.3 Å². The van der Waals surface area contributed by atoms with Gasteiger partial charge in [0.25, 0.3) is 0 Å². The van der Waals surface area contributed by atoms with Crippen LogP contribution in [0.1, 0.15) is 18.4 Å². The predicted molar refractivity (Wildman–Crippen MR) is 134 cm³/mol. The number of aromatic nitrogens is 1. The van der Waals surface area contributed by atoms with Crippen LogP contribution in [0.25, 0.3) is 11.3 Å². The van der Waals surface area contributed by atoms with E-state index in [1.807, 2.05) is 42.5 Å². The Morgan fingerprint density at radius 2 is 1.76 bits per heavy atom. The number of anilines is 3. The average molecular weight is 461 g/mol. The van der Waals surface area contributed by atoms with Gasteiger partial charge in [-0.25, -0.2) is 9.78 Å². The summed E-state index contributed by atoms with van der Waals surface area (Å²) < 4.78 is 0. The van der Waals surface area contributed by atoms with Crippen molar-refractivity contribution in [1.29, 1.82) is 0 Å². The fraction of sp³-hybridized carbons (Fsp3) is 0.231. The quantitative estimate of drug-likeness (QED) is 0.458. The number of halogens is 1. The number of aliphatic hydroxyl groups excluding tert-OH is 1. The third-order valence-corrected chi connectivity index (χ3v) is 5.74. The normalized spacial score (nSPS) is 12.7. The van der Waals surface area contributed by atoms with E-state index < -0.39 is 0 Å². The first-order valence-corrected chi connectivity index (χ1v) is 11.3. The third-order valence-electron chi connectivity index (χ3n) is 5.37. The van der Waals surface area contributed by atoms with Crippen molar-refractivity contribution in [2.24, 2.45) is 0 Å². The van der Waals surface area contributed by atoms with E-state index in [9.17, 15) is 4.79 Å². The van der Waals surface area contributed by atoms with E-state index >= 15 is 0 Å². The van der Waals surface area contributed by atoms with Crippen LogP contribution in [0.4, 0.5) is 22.0 Å². The van der Waals surface area contributed by atoms with Crippen molar-refractivity contribution in [2.75, 3.05) is 35.2 Å². The number of urea groups is 1. The van der Waals surface area contributed by atoms with Gasteiger partial charge in [0, 0.05) is 41.5 Å². The molecule has 0 radical (unpaired) electrons. The van der Waals surface area contributed by atoms with Gasteiger partial charge in [0.2, 0.25) is 0 Å². The van der Waals surface area contributed by atoms with E-state index in [0.717, 1.165) is 35.7 Å². The smallest absolute Gasteiger partial charge is 0.323 e. The monoisotopic (exact) mass is 460 g/mol. The maximum atomic E-state index is 12.6. The number of rotatable bonds is 5. The number of nitrogens with zero attached hydrogens (tertiary/aromatic N) is 2. The molecule has 3 N–H and O–H groups in total. The van der Waals surface area contributed by atoms with Crippen LogP contribution < -0.4 is 15.5 Å². The zero-order valence-electron chi connectivity index (χ0n) is 18.1. The lowest BCUT2D eigenvalue weighted by Gasteiger charge is -2.17. The van der Waals surface area contributed by atoms with Gasteiger partial charge in [0.1, 0.15) is 12.4 Å². The Labute approximate surface area is 198 Å². The van der Waals surface area contributed by atoms with Crippen molar-refractivity contribution in [3.8, 4) is 23.1 Å². The molecule has 1 saturated heterocycles. The number of carbonyl (C=O) groups is 1. The molecule has 1 aliphatic rings. The molecule has 7 heteroatoms. The molecule has 33 heavy (non-hydrogen) atoms. The number of aliphatic hydroxyl groups is 1. The van der Waals surface area contributed by atoms with Crippen molar-refractivity contribution in [1.82, 2.24) is 4.98 Å². The summed E-state index contributed by atoms with van der Waals surface area (Å²) in [6.45, 7) is 1.88. The molecule has 2 aromatic carbocycles. The topological polar surface area (TPSA) is 77.5 Å². The van der Waals surface area contributed by atoms with Gasteiger partial charge in [-0.2, -0.15) is 0 Å². The second kappa shape index (κ2) is 10.9. The van der Waals surface area contributed by atoms with E-state index in [2.05, 4.69) is 27.4 Å². The van der Waals surface area contributed by atoms with Gasteiger partial charge in [-0.1, -0.05) is 41.6 Å². The summed E-state index contributed by atoms with van der Waals surface area (Å²) in [6.07, 6.45) is 2.79. The molecule has 0 aliphatic carbocycles. The predicted octanol–water partition coefficient (Wildman–Crippen LogP) is 5.18. The number of hydrogen-bond acceptors (Lipinski definition) is 4. The Kier molecular flexibility index (Phi) is 7.46. The molecule has 3 aromatic rings. The van der Waals surface area contributed by atoms with Crippen molar-refractivity contribution in [3.05, 3.63) is 71.2 Å². The van der Waals surface area contributed by atoms with Gasteiger partial charge in [-0.15, -0.1) is 0 Å². The van der Waals surface area contributed by atoms with Crippen LogP contribution in [0.15, 0.2) is 60.7 Å². The molecular formula is C26H25ClN4O2. The second-order valence-corrected chi connectivity index (χ2v) is 8.14. The van der Waals surface area contributed by atoms with E-state index in [4.69, 9.17) is 21.7 Å². The number of nitrogens with one attached hydrogen (secondary N) is 2. The molecule has 0 unspecified atom stereocenters. The molecule has 1 aromatic heterocycles. The van der Waals surface area contributed by atoms with E-state index in [-0.39, 0.29) is 12.6 Å². The lowest BCUT2D eigenvalue weighted by atomic mass is 10.1. The highest BCUT2D eigenvalue weighted by molar-refractivity contribution is 6.31. The molecule has 0 saturated carbocycles. The van der Waals surface area contributed by atoms with Crippen molar-refractivity contribution in [3.63, 3.8) is 0 Å². The van der Waals surface area contributed by atoms with Crippen LogP contribution in [0, 0.1) is 11.8 Å². The molecule has 0 atom stereocenters. The Hall–Kier alpha value is -3.53. The van der Waals surface area contributed by atoms with Gasteiger partial charge in [0.05, 0.1) is 5.69 Å². The zero-order valence-corrected chi connectivity index (χ0v) is 18.9. The highest BCUT2D eigenvalue weighted by Gasteiger charge is 2.14. The molecular weight excluding hydrogens is 436 g/mol. The number of amides is 2. The van der Waals surface area contributed by atoms with Gasteiger partial charge in [0.15, 0.2) is 0 Å². The molecule has 0 bridgehead atoms. The number of benzene rings is 2. The summed E-state index contributed by atoms with van der Waals surface area (Å²) in [4.78, 5) is 19.7. The van der Waals surface area contributed by atoms with Gasteiger partial charge < -0.3 is 20.6 Å². The summed E-state index contributed by atoms with van der Waals surface area (Å²) in [7, 11) is 0. The van der Waals surface area contributed by atoms with E-state index in [1.165, 1.54) is 12.8 Å². The highest BCUT2D eigenvalue weighted by Crippen LogP contribution is 2.25. The summed E-state index contributed by atoms with van der Waals surface area (Å²) >= 11 is 6.20. The van der Waals surface area contributed by atoms with Gasteiger partial charge >= 0.3 is 6.03 Å². The maximum Gasteiger partial charge on any atom is 0.323 e. The molecule has 2 amide bonds. The second-order valence-electron chi connectivity index (χ2n) is 7.73. The number of pyridine rings is 1. The third kappa shape index (κ3) is 6.04. The van der Waals surface area contributed by atoms with Crippen molar-refractivity contribution >= 4 is 34.8 Å². The standard InChI is InChI=1S/C26H25ClN4O2/c27-23-13-12-22(17-19(23)7-1-4-16-32)29-26(33)28-21-9-5-8-20(18-21)24-10-6-11-25(30-24)31-14-2-3-15-31/h5-6,8-13,17-18,32H,2-3,7,14-16H2,(H2,28,29,33). The Bertz CT molecular complexity index is 1200. The molecule has 2 heterocycles. The molecule has 1 aliphatic heterocycles. The van der Waals surface area contributed by atoms with E-state index in [1.54, 1.807) is 18.2 Å². The largest absolute Gasteiger partial charge is 0.384 e. The van der Waals surface area contributed by atoms with Crippen LogP contribution >= 0.6 is 11.6 Å². The zero-order chi connectivity index (χ0) is 23.0. The maximum absolute atomic E-state index is 12.6. The Balaban J connectivity index is 1.44. The highest BCUT2D eigenvalue weighted by atomic mass is 35.5. The Morgan fingerprint density at radius 1 is 1.00 bits per heavy atom. The lowest BCUT2D eigenvalue weighted by molar-refractivity contribution is 0.262. The fourth-order valence-corrected chi connectivity index (χ4v) is 3.94. The van der Waals surface area contributed by atoms with Crippen LogP contribution in [0.5, 0.6) is 0 Å². The first-order valence-electron chi connectivity index (χ1n) is 10.9. The first kappa shape index (κ1) is 22.7. The minimum Gasteiger partial charge on any atom is -0.384 e. The van der Waals surface area contributed by atoms with Crippen LogP contribution in [0.3, 0.4) is 0 Å². The number of hydrogen-bond donors (Lipinski definition) is 3. The minimum absolute atomic E-state index is 0.199. The molecule has 6 nitrogen and oxygen atoms in total. The lowest BCUT2D eigenvalue weighted by Crippen LogP contribution is -2.19. The first-order chi connectivity index (χ1) is 16.1. The van der Waals surface area contributed by atoms with Gasteiger partial charge in [-0.3, -0.25) is 0 Å². The summed E-state index contributed by atoms with van der Waals surface area (Å²) in [5.41, 5.74) is 3.86. The van der Waals surface area contributed by atoms with E-state index in [0.29, 0.717) is 22.8 Å². The Morgan fingerprint density at radius 3 is 2.55 bits per heavy atom. The molecule has 1 fully saturated rings. The summed E-state index contributed by atoms with van der Waals surface area (Å²) in [5.74, 6) is 6.42. The average Bonchev–Trinajstić information content (AvgIpc) is 3.37. The minimum atomic E-state index is -0.361. The fourth-order valence-electron chi connectivity index (χ4n) is 3.76. The molecule has 0 spiro atoms. The van der Waals surface area contributed by atoms with Crippen LogP contribution in [-0.2, 0) is 6.42 Å². The molecule has 4 rings (SSSR count). The van der Waals surface area contributed by atoms with Crippen LogP contribution in [-0.4, -0.2) is 35.8 Å². The summed E-state index contributed by atoms with van der Waals surface area (Å²) in [5, 5.41) is 15.1. The summed E-state index contributed by atoms with van der Waals surface area (Å²) in [6, 6.07) is 18.5. The van der Waals surface area contributed by atoms with Gasteiger partial charge in [-0.05, 0) is 60.9 Å². The van der Waals surface area contributed by atoms with Crippen molar-refractivity contribution < 1.29 is 9.90 Å². The number of carbonyl (C=O) groups excluding carboxylic acids is 1. The molecule has 168 valence electrons. The SMILES string of the molecule is O=C(Nc1cccc(-c2cccc(N3CCCC3)n2)c1)Nc1ccc(Cl)c(CC#CCO)c1. The van der Waals surface area contributed by atoms with Crippen LogP contribution in [0.2, 0.25) is 5.02 Å².